The van der Waals surface area contributed by atoms with E-state index in [0.29, 0.717) is 6.54 Å². The Kier molecular flexibility index (Phi) is 4.71. The highest BCUT2D eigenvalue weighted by atomic mass is 16.2. The zero-order valence-corrected chi connectivity index (χ0v) is 15.2. The molecule has 0 atom stereocenters. The summed E-state index contributed by atoms with van der Waals surface area (Å²) in [5.74, 6) is 0.860. The number of carbonyl (C=O) groups excluding carboxylic acids is 1. The number of para-hydroxylation sites is 3. The topological polar surface area (TPSA) is 38.1 Å². The number of imidazole rings is 1. The first-order valence-corrected chi connectivity index (χ1v) is 9.14. The predicted molar refractivity (Wildman–Crippen MR) is 110 cm³/mol. The fourth-order valence-electron chi connectivity index (χ4n) is 3.37. The second-order valence-corrected chi connectivity index (χ2v) is 6.35. The quantitative estimate of drug-likeness (QED) is 0.518. The van der Waals surface area contributed by atoms with Gasteiger partial charge >= 0.3 is 0 Å². The maximum absolute atomic E-state index is 13.1. The van der Waals surface area contributed by atoms with Gasteiger partial charge in [0.2, 0.25) is 5.91 Å². The Morgan fingerprint density at radius 2 is 1.52 bits per heavy atom. The SMILES string of the molecule is CCN(C(=O)Cn1c(-c2ccccc2)nc2ccccc21)c1ccccc1. The number of benzene rings is 3. The van der Waals surface area contributed by atoms with Gasteiger partial charge < -0.3 is 9.47 Å². The molecule has 1 aromatic heterocycles. The van der Waals surface area contributed by atoms with E-state index in [1.54, 1.807) is 0 Å². The standard InChI is InChI=1S/C23H21N3O/c1-2-25(19-13-7-4-8-14-19)22(27)17-26-21-16-10-9-15-20(21)24-23(26)18-11-5-3-6-12-18/h3-16H,2,17H2,1H3. The molecule has 3 aromatic carbocycles. The monoisotopic (exact) mass is 355 g/mol. The van der Waals surface area contributed by atoms with Gasteiger partial charge in [0.25, 0.3) is 0 Å². The van der Waals surface area contributed by atoms with E-state index < -0.39 is 0 Å². The summed E-state index contributed by atoms with van der Waals surface area (Å²) in [5.41, 5.74) is 3.78. The van der Waals surface area contributed by atoms with Crippen LogP contribution in [0.5, 0.6) is 0 Å². The lowest BCUT2D eigenvalue weighted by Crippen LogP contribution is -2.33. The fourth-order valence-corrected chi connectivity index (χ4v) is 3.37. The fraction of sp³-hybridized carbons (Fsp3) is 0.130. The molecule has 1 amide bonds. The first kappa shape index (κ1) is 17.0. The number of fused-ring (bicyclic) bond motifs is 1. The highest BCUT2D eigenvalue weighted by Gasteiger charge is 2.19. The van der Waals surface area contributed by atoms with Gasteiger partial charge in [0, 0.05) is 17.8 Å². The zero-order valence-electron chi connectivity index (χ0n) is 15.2. The van der Waals surface area contributed by atoms with E-state index in [0.717, 1.165) is 28.1 Å². The van der Waals surface area contributed by atoms with Gasteiger partial charge in [-0.25, -0.2) is 4.98 Å². The van der Waals surface area contributed by atoms with Gasteiger partial charge in [-0.05, 0) is 31.2 Å². The van der Waals surface area contributed by atoms with Crippen LogP contribution in [-0.4, -0.2) is 22.0 Å². The Hall–Kier alpha value is -3.40. The van der Waals surface area contributed by atoms with Crippen LogP contribution in [0.3, 0.4) is 0 Å². The molecule has 27 heavy (non-hydrogen) atoms. The average Bonchev–Trinajstić information content (AvgIpc) is 3.08. The molecule has 0 aliphatic carbocycles. The number of amides is 1. The zero-order chi connectivity index (χ0) is 18.6. The van der Waals surface area contributed by atoms with Crippen molar-refractivity contribution in [3.05, 3.63) is 84.9 Å². The van der Waals surface area contributed by atoms with E-state index in [2.05, 4.69) is 0 Å². The smallest absolute Gasteiger partial charge is 0.246 e. The van der Waals surface area contributed by atoms with Gasteiger partial charge in [0.1, 0.15) is 12.4 Å². The van der Waals surface area contributed by atoms with Crippen LogP contribution in [-0.2, 0) is 11.3 Å². The number of aromatic nitrogens is 2. The number of likely N-dealkylation sites (N-methyl/N-ethyl adjacent to an activating group) is 1. The van der Waals surface area contributed by atoms with Crippen LogP contribution < -0.4 is 4.90 Å². The normalized spacial score (nSPS) is 10.9. The van der Waals surface area contributed by atoms with Crippen LogP contribution in [0, 0.1) is 0 Å². The molecular weight excluding hydrogens is 334 g/mol. The molecule has 0 N–H and O–H groups in total. The Bertz CT molecular complexity index is 1050. The van der Waals surface area contributed by atoms with Crippen LogP contribution in [0.25, 0.3) is 22.4 Å². The second kappa shape index (κ2) is 7.46. The molecule has 4 nitrogen and oxygen atoms in total. The summed E-state index contributed by atoms with van der Waals surface area (Å²) in [6.45, 7) is 2.86. The lowest BCUT2D eigenvalue weighted by atomic mass is 10.2. The molecule has 0 fully saturated rings. The number of rotatable bonds is 5. The van der Waals surface area contributed by atoms with E-state index in [1.807, 2.05) is 101 Å². The van der Waals surface area contributed by atoms with Gasteiger partial charge in [0.05, 0.1) is 11.0 Å². The Labute approximate surface area is 158 Å². The van der Waals surface area contributed by atoms with Gasteiger partial charge in [-0.1, -0.05) is 60.7 Å². The van der Waals surface area contributed by atoms with E-state index in [1.165, 1.54) is 0 Å². The van der Waals surface area contributed by atoms with Crippen molar-refractivity contribution < 1.29 is 4.79 Å². The minimum Gasteiger partial charge on any atom is -0.314 e. The summed E-state index contributed by atoms with van der Waals surface area (Å²) >= 11 is 0. The van der Waals surface area contributed by atoms with Crippen molar-refractivity contribution in [1.82, 2.24) is 9.55 Å². The van der Waals surface area contributed by atoms with Crippen molar-refractivity contribution in [2.75, 3.05) is 11.4 Å². The lowest BCUT2D eigenvalue weighted by Gasteiger charge is -2.22. The molecule has 4 rings (SSSR count). The van der Waals surface area contributed by atoms with E-state index in [9.17, 15) is 4.79 Å². The van der Waals surface area contributed by atoms with E-state index in [4.69, 9.17) is 4.98 Å². The van der Waals surface area contributed by atoms with Crippen LogP contribution in [0.15, 0.2) is 84.9 Å². The summed E-state index contributed by atoms with van der Waals surface area (Å²) < 4.78 is 2.01. The van der Waals surface area contributed by atoms with E-state index >= 15 is 0 Å². The third-order valence-corrected chi connectivity index (χ3v) is 4.67. The lowest BCUT2D eigenvalue weighted by molar-refractivity contribution is -0.119. The molecule has 4 aromatic rings. The van der Waals surface area contributed by atoms with Crippen LogP contribution >= 0.6 is 0 Å². The first-order valence-electron chi connectivity index (χ1n) is 9.14. The van der Waals surface area contributed by atoms with Crippen molar-refractivity contribution in [3.63, 3.8) is 0 Å². The number of hydrogen-bond acceptors (Lipinski definition) is 2. The Morgan fingerprint density at radius 1 is 0.889 bits per heavy atom. The molecule has 0 saturated heterocycles. The number of anilines is 1. The Balaban J connectivity index is 1.76. The first-order chi connectivity index (χ1) is 13.3. The maximum atomic E-state index is 13.1. The third-order valence-electron chi connectivity index (χ3n) is 4.67. The van der Waals surface area contributed by atoms with Gasteiger partial charge in [-0.15, -0.1) is 0 Å². The average molecular weight is 355 g/mol. The highest BCUT2D eigenvalue weighted by molar-refractivity contribution is 5.94. The molecule has 0 radical (unpaired) electrons. The minimum absolute atomic E-state index is 0.0454. The van der Waals surface area contributed by atoms with Crippen molar-refractivity contribution >= 4 is 22.6 Å². The highest BCUT2D eigenvalue weighted by Crippen LogP contribution is 2.25. The van der Waals surface area contributed by atoms with Crippen molar-refractivity contribution in [2.45, 2.75) is 13.5 Å². The molecule has 0 unspecified atom stereocenters. The second-order valence-electron chi connectivity index (χ2n) is 6.35. The number of hydrogen-bond donors (Lipinski definition) is 0. The van der Waals surface area contributed by atoms with Gasteiger partial charge in [-0.2, -0.15) is 0 Å². The molecule has 0 bridgehead atoms. The summed E-state index contributed by atoms with van der Waals surface area (Å²) in [5, 5.41) is 0. The van der Waals surface area contributed by atoms with Gasteiger partial charge in [-0.3, -0.25) is 4.79 Å². The van der Waals surface area contributed by atoms with Crippen LogP contribution in [0.2, 0.25) is 0 Å². The van der Waals surface area contributed by atoms with Crippen LogP contribution in [0.1, 0.15) is 6.92 Å². The summed E-state index contributed by atoms with van der Waals surface area (Å²) in [6, 6.07) is 27.7. The molecule has 1 heterocycles. The molecule has 4 heteroatoms. The summed E-state index contributed by atoms with van der Waals surface area (Å²) in [7, 11) is 0. The van der Waals surface area contributed by atoms with Crippen LogP contribution in [0.4, 0.5) is 5.69 Å². The van der Waals surface area contributed by atoms with Crippen molar-refractivity contribution in [3.8, 4) is 11.4 Å². The van der Waals surface area contributed by atoms with Crippen molar-refractivity contribution in [2.24, 2.45) is 0 Å². The molecule has 0 saturated carbocycles. The van der Waals surface area contributed by atoms with E-state index in [-0.39, 0.29) is 12.5 Å². The molecule has 0 spiro atoms. The predicted octanol–water partition coefficient (Wildman–Crippen LogP) is 4.76. The third kappa shape index (κ3) is 3.34. The maximum Gasteiger partial charge on any atom is 0.246 e. The summed E-state index contributed by atoms with van der Waals surface area (Å²) in [6.07, 6.45) is 0. The number of carbonyl (C=O) groups is 1. The largest absolute Gasteiger partial charge is 0.314 e. The molecular formula is C23H21N3O. The summed E-state index contributed by atoms with van der Waals surface area (Å²) in [4.78, 5) is 19.7. The Morgan fingerprint density at radius 3 is 2.22 bits per heavy atom. The molecule has 134 valence electrons. The van der Waals surface area contributed by atoms with Crippen molar-refractivity contribution in [1.29, 1.82) is 0 Å². The minimum atomic E-state index is 0.0454. The molecule has 0 aliphatic rings. The van der Waals surface area contributed by atoms with Gasteiger partial charge in [0.15, 0.2) is 0 Å². The molecule has 0 aliphatic heterocycles. The number of nitrogens with zero attached hydrogens (tertiary/aromatic N) is 3.